The van der Waals surface area contributed by atoms with Crippen molar-refractivity contribution in [2.24, 2.45) is 4.99 Å². The molecule has 0 saturated heterocycles. The average molecular weight is 497 g/mol. The third-order valence-corrected chi connectivity index (χ3v) is 4.97. The van der Waals surface area contributed by atoms with Gasteiger partial charge in [0.25, 0.3) is 5.56 Å². The summed E-state index contributed by atoms with van der Waals surface area (Å²) >= 11 is 2.17. The highest BCUT2D eigenvalue weighted by Gasteiger charge is 2.09. The van der Waals surface area contributed by atoms with Crippen molar-refractivity contribution < 1.29 is 9.84 Å². The molecule has 29 heavy (non-hydrogen) atoms. The van der Waals surface area contributed by atoms with E-state index in [-0.39, 0.29) is 11.4 Å². The van der Waals surface area contributed by atoms with E-state index >= 15 is 0 Å². The van der Waals surface area contributed by atoms with Crippen molar-refractivity contribution in [2.45, 2.75) is 6.61 Å². The van der Waals surface area contributed by atoms with Crippen LogP contribution in [-0.4, -0.2) is 21.3 Å². The van der Waals surface area contributed by atoms with E-state index in [0.29, 0.717) is 34.4 Å². The van der Waals surface area contributed by atoms with Gasteiger partial charge in [-0.1, -0.05) is 6.07 Å². The molecule has 4 rings (SSSR count). The first kappa shape index (κ1) is 19.1. The number of pyridine rings is 2. The van der Waals surface area contributed by atoms with Crippen LogP contribution in [0.4, 0.5) is 5.69 Å². The molecule has 0 spiro atoms. The van der Waals surface area contributed by atoms with Gasteiger partial charge >= 0.3 is 0 Å². The van der Waals surface area contributed by atoms with Gasteiger partial charge < -0.3 is 9.84 Å². The summed E-state index contributed by atoms with van der Waals surface area (Å²) in [5.41, 5.74) is 1.68. The van der Waals surface area contributed by atoms with Crippen molar-refractivity contribution in [3.63, 3.8) is 0 Å². The quantitative estimate of drug-likeness (QED) is 0.313. The van der Waals surface area contributed by atoms with E-state index < -0.39 is 0 Å². The maximum Gasteiger partial charge on any atom is 0.258 e. The number of rotatable bonds is 5. The van der Waals surface area contributed by atoms with Crippen LogP contribution in [0.1, 0.15) is 11.3 Å². The Morgan fingerprint density at radius 2 is 1.93 bits per heavy atom. The van der Waals surface area contributed by atoms with E-state index in [1.54, 1.807) is 18.5 Å². The highest BCUT2D eigenvalue weighted by atomic mass is 127. The van der Waals surface area contributed by atoms with Crippen LogP contribution in [0, 0.1) is 3.57 Å². The third-order valence-electron chi connectivity index (χ3n) is 4.30. The predicted molar refractivity (Wildman–Crippen MR) is 121 cm³/mol. The van der Waals surface area contributed by atoms with E-state index in [1.807, 2.05) is 54.6 Å². The molecule has 0 amide bonds. The van der Waals surface area contributed by atoms with Gasteiger partial charge in [0.05, 0.1) is 16.9 Å². The number of aromatic amines is 1. The Balaban J connectivity index is 1.55. The topological polar surface area (TPSA) is 87.6 Å². The molecule has 4 aromatic rings. The monoisotopic (exact) mass is 497 g/mol. The first-order valence-corrected chi connectivity index (χ1v) is 9.89. The first-order chi connectivity index (χ1) is 14.1. The Morgan fingerprint density at radius 1 is 1.10 bits per heavy atom. The van der Waals surface area contributed by atoms with Gasteiger partial charge in [-0.05, 0) is 77.2 Å². The number of fused-ring (bicyclic) bond motifs is 1. The third kappa shape index (κ3) is 4.45. The molecule has 2 aromatic heterocycles. The fraction of sp³-hybridized carbons (Fsp3) is 0.0455. The number of aromatic nitrogens is 2. The van der Waals surface area contributed by atoms with E-state index in [9.17, 15) is 9.90 Å². The minimum absolute atomic E-state index is 0.205. The van der Waals surface area contributed by atoms with E-state index in [1.165, 1.54) is 0 Å². The van der Waals surface area contributed by atoms with Gasteiger partial charge in [-0.25, -0.2) is 0 Å². The van der Waals surface area contributed by atoms with Gasteiger partial charge in [0.15, 0.2) is 0 Å². The number of benzene rings is 2. The lowest BCUT2D eigenvalue weighted by Crippen LogP contribution is -2.08. The zero-order valence-electron chi connectivity index (χ0n) is 15.2. The SMILES string of the molecule is O=c1[nH]c(O)c(C=Nc2ccc(OCc3ccccn3)cc2)c2cc(I)ccc12. The summed E-state index contributed by atoms with van der Waals surface area (Å²) < 4.78 is 6.68. The summed E-state index contributed by atoms with van der Waals surface area (Å²) in [6.07, 6.45) is 3.28. The maximum absolute atomic E-state index is 12.1. The first-order valence-electron chi connectivity index (χ1n) is 8.81. The molecule has 0 aliphatic rings. The number of nitrogens with zero attached hydrogens (tertiary/aromatic N) is 2. The van der Waals surface area contributed by atoms with Gasteiger partial charge in [0.1, 0.15) is 12.4 Å². The van der Waals surface area contributed by atoms with Gasteiger partial charge in [-0.3, -0.25) is 19.8 Å². The molecule has 0 bridgehead atoms. The number of nitrogens with one attached hydrogen (secondary N) is 1. The molecule has 0 saturated carbocycles. The van der Waals surface area contributed by atoms with Crippen LogP contribution in [0.15, 0.2) is 76.6 Å². The van der Waals surface area contributed by atoms with Crippen LogP contribution < -0.4 is 10.3 Å². The smallest absolute Gasteiger partial charge is 0.258 e. The second-order valence-electron chi connectivity index (χ2n) is 6.27. The molecule has 2 N–H and O–H groups in total. The van der Waals surface area contributed by atoms with Gasteiger partial charge in [0.2, 0.25) is 5.88 Å². The molecule has 7 heteroatoms. The summed E-state index contributed by atoms with van der Waals surface area (Å²) in [5, 5.41) is 11.4. The lowest BCUT2D eigenvalue weighted by Gasteiger charge is -2.06. The van der Waals surface area contributed by atoms with Crippen molar-refractivity contribution in [1.29, 1.82) is 0 Å². The highest BCUT2D eigenvalue weighted by Crippen LogP contribution is 2.24. The number of ether oxygens (including phenoxy) is 1. The van der Waals surface area contributed by atoms with Crippen LogP contribution in [-0.2, 0) is 6.61 Å². The lowest BCUT2D eigenvalue weighted by molar-refractivity contribution is 0.301. The largest absolute Gasteiger partial charge is 0.494 e. The fourth-order valence-electron chi connectivity index (χ4n) is 2.85. The molecular formula is C22H16IN3O3. The second-order valence-corrected chi connectivity index (χ2v) is 7.51. The molecular weight excluding hydrogens is 481 g/mol. The summed E-state index contributed by atoms with van der Waals surface area (Å²) in [7, 11) is 0. The Bertz CT molecular complexity index is 1240. The zero-order valence-corrected chi connectivity index (χ0v) is 17.3. The number of H-pyrrole nitrogens is 1. The standard InChI is InChI=1S/C22H16IN3O3/c23-14-4-9-18-19(11-14)20(22(28)26-21(18)27)12-25-15-5-7-17(8-6-15)29-13-16-3-1-2-10-24-16/h1-12H,13H2,(H2,26,27,28). The molecule has 0 atom stereocenters. The van der Waals surface area contributed by atoms with Crippen molar-refractivity contribution in [1.82, 2.24) is 9.97 Å². The van der Waals surface area contributed by atoms with Crippen LogP contribution in [0.5, 0.6) is 11.6 Å². The van der Waals surface area contributed by atoms with Gasteiger partial charge in [-0.2, -0.15) is 0 Å². The van der Waals surface area contributed by atoms with Gasteiger partial charge in [-0.15, -0.1) is 0 Å². The molecule has 0 aliphatic heterocycles. The fourth-order valence-corrected chi connectivity index (χ4v) is 3.34. The molecule has 0 unspecified atom stereocenters. The number of aliphatic imine (C=N–C) groups is 1. The van der Waals surface area contributed by atoms with Gasteiger partial charge in [0, 0.05) is 26.8 Å². The summed E-state index contributed by atoms with van der Waals surface area (Å²) in [5.74, 6) is 0.505. The average Bonchev–Trinajstić information content (AvgIpc) is 2.73. The molecule has 0 radical (unpaired) electrons. The maximum atomic E-state index is 12.1. The number of aromatic hydroxyl groups is 1. The Morgan fingerprint density at radius 3 is 2.69 bits per heavy atom. The van der Waals surface area contributed by atoms with Crippen molar-refractivity contribution >= 4 is 45.3 Å². The predicted octanol–water partition coefficient (Wildman–Crippen LogP) is 4.56. The lowest BCUT2D eigenvalue weighted by atomic mass is 10.1. The Labute approximate surface area is 180 Å². The molecule has 2 heterocycles. The normalized spacial score (nSPS) is 11.2. The molecule has 6 nitrogen and oxygen atoms in total. The molecule has 2 aromatic carbocycles. The minimum Gasteiger partial charge on any atom is -0.494 e. The van der Waals surface area contributed by atoms with E-state index in [0.717, 1.165) is 9.26 Å². The Kier molecular flexibility index (Phi) is 5.57. The van der Waals surface area contributed by atoms with Crippen LogP contribution in [0.25, 0.3) is 10.8 Å². The van der Waals surface area contributed by atoms with Crippen LogP contribution in [0.3, 0.4) is 0 Å². The van der Waals surface area contributed by atoms with Crippen LogP contribution in [0.2, 0.25) is 0 Å². The van der Waals surface area contributed by atoms with Crippen molar-refractivity contribution in [2.75, 3.05) is 0 Å². The number of hydrogen-bond acceptors (Lipinski definition) is 5. The molecule has 144 valence electrons. The summed E-state index contributed by atoms with van der Waals surface area (Å²) in [4.78, 5) is 23.2. The molecule has 0 aliphatic carbocycles. The number of hydrogen-bond donors (Lipinski definition) is 2. The minimum atomic E-state index is -0.333. The molecule has 0 fully saturated rings. The zero-order chi connectivity index (χ0) is 20.2. The highest BCUT2D eigenvalue weighted by molar-refractivity contribution is 14.1. The van der Waals surface area contributed by atoms with Crippen LogP contribution >= 0.6 is 22.6 Å². The van der Waals surface area contributed by atoms with E-state index in [4.69, 9.17) is 4.74 Å². The second kappa shape index (κ2) is 8.44. The Hall–Kier alpha value is -3.20. The van der Waals surface area contributed by atoms with Crippen molar-refractivity contribution in [3.05, 3.63) is 92.0 Å². The van der Waals surface area contributed by atoms with E-state index in [2.05, 4.69) is 37.6 Å². The summed E-state index contributed by atoms with van der Waals surface area (Å²) in [6.45, 7) is 0.388. The van der Waals surface area contributed by atoms with Crippen molar-refractivity contribution in [3.8, 4) is 11.6 Å². The number of halogens is 1. The summed E-state index contributed by atoms with van der Waals surface area (Å²) in [6, 6.07) is 18.4.